The van der Waals surface area contributed by atoms with E-state index in [2.05, 4.69) is 24.3 Å². The van der Waals surface area contributed by atoms with Gasteiger partial charge in [0.25, 0.3) is 5.91 Å². The molecule has 0 saturated heterocycles. The molecule has 0 aliphatic heterocycles. The van der Waals surface area contributed by atoms with Gasteiger partial charge in [-0.15, -0.1) is 0 Å². The SMILES string of the molecule is COc1ccc(/C=C(\C#N)C(N)=O)c(OCc2c(C)ccc3ccccc23)c1. The van der Waals surface area contributed by atoms with Crippen LogP contribution in [-0.2, 0) is 11.4 Å². The number of hydrogen-bond donors (Lipinski definition) is 1. The van der Waals surface area contributed by atoms with Crippen LogP contribution in [0.2, 0.25) is 0 Å². The van der Waals surface area contributed by atoms with E-state index in [1.165, 1.54) is 6.08 Å². The molecule has 3 aromatic carbocycles. The number of rotatable bonds is 6. The van der Waals surface area contributed by atoms with Gasteiger partial charge < -0.3 is 15.2 Å². The average Bonchev–Trinajstić information content (AvgIpc) is 2.71. The zero-order valence-electron chi connectivity index (χ0n) is 15.7. The van der Waals surface area contributed by atoms with Crippen LogP contribution in [0.1, 0.15) is 16.7 Å². The van der Waals surface area contributed by atoms with Gasteiger partial charge in [0, 0.05) is 17.2 Å². The highest BCUT2D eigenvalue weighted by molar-refractivity contribution is 6.00. The van der Waals surface area contributed by atoms with Crippen molar-refractivity contribution in [1.29, 1.82) is 5.26 Å². The Labute approximate surface area is 163 Å². The highest BCUT2D eigenvalue weighted by Crippen LogP contribution is 2.29. The van der Waals surface area contributed by atoms with Gasteiger partial charge in [-0.1, -0.05) is 36.4 Å². The first kappa shape index (κ1) is 19.0. The molecular formula is C23H20N2O3. The number of nitrogens with zero attached hydrogens (tertiary/aromatic N) is 1. The van der Waals surface area contributed by atoms with E-state index < -0.39 is 5.91 Å². The lowest BCUT2D eigenvalue weighted by Gasteiger charge is -2.14. The smallest absolute Gasteiger partial charge is 0.259 e. The van der Waals surface area contributed by atoms with Gasteiger partial charge in [0.15, 0.2) is 0 Å². The maximum Gasteiger partial charge on any atom is 0.259 e. The van der Waals surface area contributed by atoms with Gasteiger partial charge in [0.1, 0.15) is 29.7 Å². The van der Waals surface area contributed by atoms with Crippen LogP contribution >= 0.6 is 0 Å². The molecule has 28 heavy (non-hydrogen) atoms. The molecule has 3 rings (SSSR count). The Bertz CT molecular complexity index is 1110. The second-order valence-electron chi connectivity index (χ2n) is 6.31. The molecule has 0 atom stereocenters. The number of carbonyl (C=O) groups is 1. The summed E-state index contributed by atoms with van der Waals surface area (Å²) in [6.45, 7) is 2.37. The van der Waals surface area contributed by atoms with Crippen molar-refractivity contribution >= 4 is 22.8 Å². The van der Waals surface area contributed by atoms with Gasteiger partial charge in [-0.05, 0) is 41.5 Å². The van der Waals surface area contributed by atoms with Crippen LogP contribution in [0.3, 0.4) is 0 Å². The van der Waals surface area contributed by atoms with E-state index in [1.807, 2.05) is 25.1 Å². The van der Waals surface area contributed by atoms with E-state index in [-0.39, 0.29) is 5.57 Å². The summed E-state index contributed by atoms with van der Waals surface area (Å²) in [5.74, 6) is 0.328. The number of aryl methyl sites for hydroxylation is 1. The molecule has 0 aliphatic rings. The number of fused-ring (bicyclic) bond motifs is 1. The Morgan fingerprint density at radius 3 is 2.68 bits per heavy atom. The fraction of sp³-hybridized carbons (Fsp3) is 0.130. The number of hydrogen-bond acceptors (Lipinski definition) is 4. The van der Waals surface area contributed by atoms with Crippen molar-refractivity contribution < 1.29 is 14.3 Å². The van der Waals surface area contributed by atoms with Crippen LogP contribution in [0.15, 0.2) is 60.2 Å². The van der Waals surface area contributed by atoms with Crippen LogP contribution in [0, 0.1) is 18.3 Å². The third-order valence-corrected chi connectivity index (χ3v) is 4.55. The summed E-state index contributed by atoms with van der Waals surface area (Å²) >= 11 is 0. The standard InChI is InChI=1S/C23H20N2O3/c1-15-7-8-16-5-3-4-6-20(16)21(15)14-28-22-12-19(27-2)10-9-17(22)11-18(13-24)23(25)26/h3-12H,14H2,1-2H3,(H2,25,26)/b18-11+. The van der Waals surface area contributed by atoms with Gasteiger partial charge in [0.05, 0.1) is 7.11 Å². The summed E-state index contributed by atoms with van der Waals surface area (Å²) < 4.78 is 11.4. The third kappa shape index (κ3) is 3.97. The molecule has 0 unspecified atom stereocenters. The predicted octanol–water partition coefficient (Wildman–Crippen LogP) is 4.13. The minimum absolute atomic E-state index is 0.142. The molecule has 3 aromatic rings. The fourth-order valence-electron chi connectivity index (χ4n) is 2.99. The van der Waals surface area contributed by atoms with Crippen molar-refractivity contribution in [2.24, 2.45) is 5.73 Å². The quantitative estimate of drug-likeness (QED) is 0.521. The van der Waals surface area contributed by atoms with Gasteiger partial charge in [0.2, 0.25) is 0 Å². The van der Waals surface area contributed by atoms with E-state index in [0.29, 0.717) is 23.7 Å². The van der Waals surface area contributed by atoms with Crippen LogP contribution in [-0.4, -0.2) is 13.0 Å². The zero-order chi connectivity index (χ0) is 20.1. The topological polar surface area (TPSA) is 85.3 Å². The predicted molar refractivity (Wildman–Crippen MR) is 109 cm³/mol. The normalized spacial score (nSPS) is 11.1. The molecule has 0 saturated carbocycles. The van der Waals surface area contributed by atoms with E-state index in [9.17, 15) is 4.79 Å². The van der Waals surface area contributed by atoms with Crippen LogP contribution in [0.4, 0.5) is 0 Å². The Hall–Kier alpha value is -3.78. The molecule has 5 heteroatoms. The van der Waals surface area contributed by atoms with Crippen molar-refractivity contribution in [2.75, 3.05) is 7.11 Å². The molecule has 0 aromatic heterocycles. The molecule has 0 fully saturated rings. The first-order valence-electron chi connectivity index (χ1n) is 8.73. The molecule has 0 aliphatic carbocycles. The number of ether oxygens (including phenoxy) is 2. The van der Waals surface area contributed by atoms with Crippen molar-refractivity contribution in [3.05, 3.63) is 76.9 Å². The summed E-state index contributed by atoms with van der Waals surface area (Å²) in [5, 5.41) is 11.4. The highest BCUT2D eigenvalue weighted by Gasteiger charge is 2.11. The number of carbonyl (C=O) groups excluding carboxylic acids is 1. The van der Waals surface area contributed by atoms with E-state index in [4.69, 9.17) is 20.5 Å². The summed E-state index contributed by atoms with van der Waals surface area (Å²) in [4.78, 5) is 11.4. The van der Waals surface area contributed by atoms with E-state index in [0.717, 1.165) is 21.9 Å². The number of nitriles is 1. The summed E-state index contributed by atoms with van der Waals surface area (Å²) in [5.41, 5.74) is 7.88. The Morgan fingerprint density at radius 1 is 1.18 bits per heavy atom. The number of amides is 1. The average molecular weight is 372 g/mol. The van der Waals surface area contributed by atoms with Gasteiger partial charge in [-0.2, -0.15) is 5.26 Å². The monoisotopic (exact) mass is 372 g/mol. The maximum absolute atomic E-state index is 11.4. The third-order valence-electron chi connectivity index (χ3n) is 4.55. The highest BCUT2D eigenvalue weighted by atomic mass is 16.5. The minimum Gasteiger partial charge on any atom is -0.497 e. The molecule has 0 radical (unpaired) electrons. The fourth-order valence-corrected chi connectivity index (χ4v) is 2.99. The molecule has 0 heterocycles. The Morgan fingerprint density at radius 2 is 1.96 bits per heavy atom. The maximum atomic E-state index is 11.4. The van der Waals surface area contributed by atoms with Crippen molar-refractivity contribution in [3.8, 4) is 17.6 Å². The number of primary amides is 1. The number of benzene rings is 3. The van der Waals surface area contributed by atoms with Crippen LogP contribution in [0.5, 0.6) is 11.5 Å². The molecule has 5 nitrogen and oxygen atoms in total. The zero-order valence-corrected chi connectivity index (χ0v) is 15.7. The first-order valence-corrected chi connectivity index (χ1v) is 8.73. The van der Waals surface area contributed by atoms with Gasteiger partial charge >= 0.3 is 0 Å². The second kappa shape index (κ2) is 8.28. The molecule has 2 N–H and O–H groups in total. The summed E-state index contributed by atoms with van der Waals surface area (Å²) in [6.07, 6.45) is 1.42. The molecule has 140 valence electrons. The molecule has 0 spiro atoms. The molecule has 1 amide bonds. The first-order chi connectivity index (χ1) is 13.5. The van der Waals surface area contributed by atoms with Crippen molar-refractivity contribution in [1.82, 2.24) is 0 Å². The summed E-state index contributed by atoms with van der Waals surface area (Å²) in [6, 6.07) is 19.3. The van der Waals surface area contributed by atoms with Gasteiger partial charge in [-0.3, -0.25) is 4.79 Å². The van der Waals surface area contributed by atoms with Crippen LogP contribution < -0.4 is 15.2 Å². The van der Waals surface area contributed by atoms with Crippen molar-refractivity contribution in [2.45, 2.75) is 13.5 Å². The lowest BCUT2D eigenvalue weighted by molar-refractivity contribution is -0.114. The number of methoxy groups -OCH3 is 1. The van der Waals surface area contributed by atoms with Gasteiger partial charge in [-0.25, -0.2) is 0 Å². The lowest BCUT2D eigenvalue weighted by Crippen LogP contribution is -2.12. The van der Waals surface area contributed by atoms with Crippen molar-refractivity contribution in [3.63, 3.8) is 0 Å². The molecular weight excluding hydrogens is 352 g/mol. The summed E-state index contributed by atoms with van der Waals surface area (Å²) in [7, 11) is 1.56. The lowest BCUT2D eigenvalue weighted by atomic mass is 10.0. The largest absolute Gasteiger partial charge is 0.497 e. The van der Waals surface area contributed by atoms with Crippen LogP contribution in [0.25, 0.3) is 16.8 Å². The van der Waals surface area contributed by atoms with E-state index >= 15 is 0 Å². The second-order valence-corrected chi connectivity index (χ2v) is 6.31. The minimum atomic E-state index is -0.783. The van der Waals surface area contributed by atoms with E-state index in [1.54, 1.807) is 25.3 Å². The Balaban J connectivity index is 2.00. The Kier molecular flexibility index (Phi) is 5.61. The number of nitrogens with two attached hydrogens (primary N) is 1. The molecule has 0 bridgehead atoms.